The van der Waals surface area contributed by atoms with Crippen molar-refractivity contribution >= 4 is 68.9 Å². The Bertz CT molecular complexity index is 868. The average molecular weight is 485 g/mol. The molecule has 4 nitrogen and oxygen atoms in total. The lowest BCUT2D eigenvalue weighted by Gasteiger charge is -2.16. The van der Waals surface area contributed by atoms with Crippen LogP contribution in [0.25, 0.3) is 6.08 Å². The Hall–Kier alpha value is -1.51. The average Bonchev–Trinajstić information content (AvgIpc) is 2.84. The second-order valence-electron chi connectivity index (χ2n) is 5.46. The summed E-state index contributed by atoms with van der Waals surface area (Å²) in [5.41, 5.74) is 2.68. The van der Waals surface area contributed by atoms with Gasteiger partial charge in [0.1, 0.15) is 0 Å². The quantitative estimate of drug-likeness (QED) is 0.469. The number of hydrogen-bond donors (Lipinski definition) is 1. The highest BCUT2D eigenvalue weighted by Crippen LogP contribution is 2.32. The van der Waals surface area contributed by atoms with Gasteiger partial charge in [-0.25, -0.2) is 0 Å². The number of thioether (sulfide) groups is 1. The van der Waals surface area contributed by atoms with Crippen LogP contribution in [0.5, 0.6) is 0 Å². The van der Waals surface area contributed by atoms with Crippen molar-refractivity contribution in [2.75, 3.05) is 12.0 Å². The predicted octanol–water partition coefficient (Wildman–Crippen LogP) is 5.36. The van der Waals surface area contributed by atoms with Gasteiger partial charge in [-0.2, -0.15) is 0 Å². The van der Waals surface area contributed by atoms with Crippen LogP contribution >= 0.6 is 46.0 Å². The van der Waals surface area contributed by atoms with Crippen molar-refractivity contribution in [2.24, 2.45) is 0 Å². The molecule has 1 aliphatic rings. The fraction of sp³-hybridized carbons (Fsp3) is 0.111. The predicted molar refractivity (Wildman–Crippen MR) is 112 cm³/mol. The van der Waals surface area contributed by atoms with Gasteiger partial charge in [-0.3, -0.25) is 14.5 Å². The summed E-state index contributed by atoms with van der Waals surface area (Å²) in [6.07, 6.45) is 1.74. The van der Waals surface area contributed by atoms with E-state index in [4.69, 9.17) is 11.6 Å². The lowest BCUT2D eigenvalue weighted by atomic mass is 10.2. The van der Waals surface area contributed by atoms with Crippen molar-refractivity contribution in [3.63, 3.8) is 0 Å². The van der Waals surface area contributed by atoms with Crippen molar-refractivity contribution in [1.29, 1.82) is 0 Å². The summed E-state index contributed by atoms with van der Waals surface area (Å²) in [5.74, 6) is -0.291. The van der Waals surface area contributed by atoms with Crippen LogP contribution in [-0.4, -0.2) is 22.7 Å². The van der Waals surface area contributed by atoms with Crippen molar-refractivity contribution in [3.05, 3.63) is 67.1 Å². The minimum absolute atomic E-state index is 0.107. The summed E-state index contributed by atoms with van der Waals surface area (Å²) in [5, 5.41) is 3.42. The number of amides is 2. The van der Waals surface area contributed by atoms with E-state index < -0.39 is 0 Å². The van der Waals surface area contributed by atoms with Crippen LogP contribution < -0.4 is 5.32 Å². The Morgan fingerprint density at radius 3 is 2.64 bits per heavy atom. The SMILES string of the molecule is Cc1ccc(Cl)cc1NCN1C(=O)S/C(=C/c2ccc(I)cc2)C1=O. The second kappa shape index (κ2) is 7.80. The number of benzene rings is 2. The van der Waals surface area contributed by atoms with Gasteiger partial charge in [0.2, 0.25) is 0 Å². The lowest BCUT2D eigenvalue weighted by Crippen LogP contribution is -2.33. The number of halogens is 2. The first-order chi connectivity index (χ1) is 11.9. The normalized spacial score (nSPS) is 16.0. The number of nitrogens with one attached hydrogen (secondary N) is 1. The molecule has 1 N–H and O–H groups in total. The largest absolute Gasteiger partial charge is 0.367 e. The lowest BCUT2D eigenvalue weighted by molar-refractivity contribution is -0.122. The van der Waals surface area contributed by atoms with Gasteiger partial charge in [0.25, 0.3) is 11.1 Å². The molecule has 0 unspecified atom stereocenters. The number of rotatable bonds is 4. The van der Waals surface area contributed by atoms with Crippen molar-refractivity contribution in [3.8, 4) is 0 Å². The Labute approximate surface area is 168 Å². The molecule has 1 aliphatic heterocycles. The van der Waals surface area contributed by atoms with Crippen LogP contribution in [-0.2, 0) is 4.79 Å². The molecule has 0 radical (unpaired) electrons. The van der Waals surface area contributed by atoms with Gasteiger partial charge in [0.15, 0.2) is 0 Å². The topological polar surface area (TPSA) is 49.4 Å². The maximum atomic E-state index is 12.5. The van der Waals surface area contributed by atoms with E-state index in [-0.39, 0.29) is 17.8 Å². The molecule has 1 fully saturated rings. The first kappa shape index (κ1) is 18.3. The fourth-order valence-electron chi connectivity index (χ4n) is 2.30. The van der Waals surface area contributed by atoms with E-state index in [1.165, 1.54) is 4.90 Å². The summed E-state index contributed by atoms with van der Waals surface area (Å²) in [6, 6.07) is 13.2. The highest BCUT2D eigenvalue weighted by molar-refractivity contribution is 14.1. The van der Waals surface area contributed by atoms with Crippen LogP contribution in [0.1, 0.15) is 11.1 Å². The molecular formula is C18H14ClIN2O2S. The smallest absolute Gasteiger partial charge is 0.295 e. The maximum absolute atomic E-state index is 12.5. The molecule has 0 saturated carbocycles. The number of anilines is 1. The Morgan fingerprint density at radius 2 is 1.92 bits per heavy atom. The van der Waals surface area contributed by atoms with Crippen LogP contribution in [0, 0.1) is 10.5 Å². The molecule has 2 aromatic rings. The molecule has 0 spiro atoms. The van der Waals surface area contributed by atoms with Crippen molar-refractivity contribution in [1.82, 2.24) is 4.90 Å². The third-order valence-corrected chi connectivity index (χ3v) is 5.53. The highest BCUT2D eigenvalue weighted by atomic mass is 127. The van der Waals surface area contributed by atoms with E-state index in [1.54, 1.807) is 18.2 Å². The molecule has 0 aliphatic carbocycles. The number of carbonyl (C=O) groups excluding carboxylic acids is 2. The van der Waals surface area contributed by atoms with Gasteiger partial charge in [-0.05, 0) is 82.7 Å². The monoisotopic (exact) mass is 484 g/mol. The summed E-state index contributed by atoms with van der Waals surface area (Å²) < 4.78 is 1.11. The van der Waals surface area contributed by atoms with E-state index in [0.29, 0.717) is 9.93 Å². The number of hydrogen-bond acceptors (Lipinski definition) is 4. The molecule has 25 heavy (non-hydrogen) atoms. The van der Waals surface area contributed by atoms with Gasteiger partial charge in [-0.15, -0.1) is 0 Å². The van der Waals surface area contributed by atoms with E-state index in [2.05, 4.69) is 27.9 Å². The van der Waals surface area contributed by atoms with Crippen LogP contribution in [0.3, 0.4) is 0 Å². The fourth-order valence-corrected chi connectivity index (χ4v) is 3.67. The summed E-state index contributed by atoms with van der Waals surface area (Å²) >= 11 is 9.17. The van der Waals surface area contributed by atoms with Crippen molar-refractivity contribution < 1.29 is 9.59 Å². The first-order valence-electron chi connectivity index (χ1n) is 7.45. The Balaban J connectivity index is 1.73. The molecule has 1 heterocycles. The van der Waals surface area contributed by atoms with Crippen LogP contribution in [0.2, 0.25) is 5.02 Å². The van der Waals surface area contributed by atoms with Gasteiger partial charge in [-0.1, -0.05) is 29.8 Å². The third-order valence-electron chi connectivity index (χ3n) is 3.67. The zero-order valence-corrected chi connectivity index (χ0v) is 17.0. The van der Waals surface area contributed by atoms with Gasteiger partial charge in [0.05, 0.1) is 11.6 Å². The standard InChI is InChI=1S/C18H14ClIN2O2S/c1-11-2-5-13(19)9-15(11)21-10-22-17(23)16(25-18(22)24)8-12-3-6-14(20)7-4-12/h2-9,21H,10H2,1H3/b16-8+. The van der Waals surface area contributed by atoms with Crippen LogP contribution in [0.4, 0.5) is 10.5 Å². The summed E-state index contributed by atoms with van der Waals surface area (Å²) in [6.45, 7) is 2.04. The third kappa shape index (κ3) is 4.37. The van der Waals surface area contributed by atoms with Crippen LogP contribution in [0.15, 0.2) is 47.4 Å². The molecule has 0 atom stereocenters. The maximum Gasteiger partial charge on any atom is 0.295 e. The van der Waals surface area contributed by atoms with E-state index in [0.717, 1.165) is 32.1 Å². The summed E-state index contributed by atoms with van der Waals surface area (Å²) in [4.78, 5) is 26.3. The zero-order chi connectivity index (χ0) is 18.0. The van der Waals surface area contributed by atoms with Gasteiger partial charge < -0.3 is 5.32 Å². The van der Waals surface area contributed by atoms with Gasteiger partial charge in [0, 0.05) is 14.3 Å². The molecule has 2 aromatic carbocycles. The molecule has 2 amide bonds. The highest BCUT2D eigenvalue weighted by Gasteiger charge is 2.34. The minimum Gasteiger partial charge on any atom is -0.367 e. The molecule has 1 saturated heterocycles. The summed E-state index contributed by atoms with van der Waals surface area (Å²) in [7, 11) is 0. The van der Waals surface area contributed by atoms with E-state index in [1.807, 2.05) is 37.3 Å². The zero-order valence-electron chi connectivity index (χ0n) is 13.3. The minimum atomic E-state index is -0.291. The number of carbonyl (C=O) groups is 2. The number of aryl methyl sites for hydroxylation is 1. The number of imide groups is 1. The Morgan fingerprint density at radius 1 is 1.20 bits per heavy atom. The molecule has 7 heteroatoms. The van der Waals surface area contributed by atoms with E-state index >= 15 is 0 Å². The molecular weight excluding hydrogens is 471 g/mol. The van der Waals surface area contributed by atoms with Crippen molar-refractivity contribution in [2.45, 2.75) is 6.92 Å². The van der Waals surface area contributed by atoms with Gasteiger partial charge >= 0.3 is 0 Å². The molecule has 3 rings (SSSR count). The molecule has 0 bridgehead atoms. The molecule has 128 valence electrons. The molecule has 0 aromatic heterocycles. The van der Waals surface area contributed by atoms with E-state index in [9.17, 15) is 9.59 Å². The first-order valence-corrected chi connectivity index (χ1v) is 9.72. The second-order valence-corrected chi connectivity index (χ2v) is 8.13. The Kier molecular flexibility index (Phi) is 5.71. The number of nitrogens with zero attached hydrogens (tertiary/aromatic N) is 1.